The van der Waals surface area contributed by atoms with Crippen molar-refractivity contribution in [2.75, 3.05) is 26.0 Å². The molecule has 122 valence electrons. The predicted octanol–water partition coefficient (Wildman–Crippen LogP) is 2.43. The molecule has 2 heterocycles. The highest BCUT2D eigenvalue weighted by Crippen LogP contribution is 2.36. The van der Waals surface area contributed by atoms with Gasteiger partial charge in [0, 0.05) is 29.6 Å². The third-order valence-electron chi connectivity index (χ3n) is 3.73. The number of nitrogens with one attached hydrogen (secondary N) is 2. The second kappa shape index (κ2) is 8.27. The Morgan fingerprint density at radius 2 is 2.36 bits per heavy atom. The first-order valence-electron chi connectivity index (χ1n) is 7.81. The minimum Gasteiger partial charge on any atom is -0.481 e. The highest BCUT2D eigenvalue weighted by Gasteiger charge is 2.29. The highest BCUT2D eigenvalue weighted by atomic mass is 32.2. The summed E-state index contributed by atoms with van der Waals surface area (Å²) in [5.74, 6) is 2.75. The first-order chi connectivity index (χ1) is 10.7. The highest BCUT2D eigenvalue weighted by molar-refractivity contribution is 8.00. The fourth-order valence-electron chi connectivity index (χ4n) is 2.48. The average Bonchev–Trinajstić information content (AvgIpc) is 2.97. The molecule has 1 fully saturated rings. The van der Waals surface area contributed by atoms with Gasteiger partial charge in [-0.1, -0.05) is 6.07 Å². The van der Waals surface area contributed by atoms with Crippen LogP contribution in [0.5, 0.6) is 5.88 Å². The molecule has 6 heteroatoms. The maximum absolute atomic E-state index is 5.27. The molecule has 0 amide bonds. The Bertz CT molecular complexity index is 501. The molecule has 1 aliphatic rings. The van der Waals surface area contributed by atoms with Crippen molar-refractivity contribution in [3.63, 3.8) is 0 Å². The molecule has 0 saturated carbocycles. The molecule has 5 nitrogen and oxygen atoms in total. The maximum Gasteiger partial charge on any atom is 0.218 e. The van der Waals surface area contributed by atoms with Crippen LogP contribution in [-0.2, 0) is 6.54 Å². The molecule has 0 bridgehead atoms. The number of aromatic nitrogens is 1. The summed E-state index contributed by atoms with van der Waals surface area (Å²) in [7, 11) is 1.64. The average molecular weight is 322 g/mol. The van der Waals surface area contributed by atoms with E-state index in [1.165, 1.54) is 18.6 Å². The number of guanidine groups is 1. The van der Waals surface area contributed by atoms with Crippen molar-refractivity contribution in [1.82, 2.24) is 15.6 Å². The molecule has 1 atom stereocenters. The smallest absolute Gasteiger partial charge is 0.218 e. The molecule has 22 heavy (non-hydrogen) atoms. The van der Waals surface area contributed by atoms with E-state index < -0.39 is 0 Å². The van der Waals surface area contributed by atoms with Gasteiger partial charge < -0.3 is 15.4 Å². The summed E-state index contributed by atoms with van der Waals surface area (Å²) in [5.41, 5.74) is 0.989. The van der Waals surface area contributed by atoms with Crippen molar-refractivity contribution in [3.05, 3.63) is 23.9 Å². The molecule has 2 rings (SSSR count). The summed E-state index contributed by atoms with van der Waals surface area (Å²) < 4.78 is 5.59. The lowest BCUT2D eigenvalue weighted by Crippen LogP contribution is -2.43. The number of ether oxygens (including phenoxy) is 1. The summed E-state index contributed by atoms with van der Waals surface area (Å²) in [5, 5.41) is 6.77. The molecule has 1 aliphatic heterocycles. The predicted molar refractivity (Wildman–Crippen MR) is 93.7 cm³/mol. The van der Waals surface area contributed by atoms with E-state index in [1.807, 2.05) is 12.1 Å². The van der Waals surface area contributed by atoms with E-state index in [1.54, 1.807) is 13.3 Å². The number of hydrogen-bond acceptors (Lipinski definition) is 4. The van der Waals surface area contributed by atoms with Gasteiger partial charge in [0.05, 0.1) is 13.7 Å². The van der Waals surface area contributed by atoms with Gasteiger partial charge in [-0.3, -0.25) is 0 Å². The van der Waals surface area contributed by atoms with Crippen LogP contribution in [0.4, 0.5) is 0 Å². The Morgan fingerprint density at radius 1 is 1.50 bits per heavy atom. The van der Waals surface area contributed by atoms with Crippen LogP contribution in [0.15, 0.2) is 23.3 Å². The molecular weight excluding hydrogens is 296 g/mol. The zero-order chi connectivity index (χ0) is 15.8. The lowest BCUT2D eigenvalue weighted by atomic mass is 10.1. The Morgan fingerprint density at radius 3 is 3.05 bits per heavy atom. The molecule has 1 aromatic rings. The third kappa shape index (κ3) is 4.80. The fourth-order valence-corrected chi connectivity index (χ4v) is 3.73. The summed E-state index contributed by atoms with van der Waals surface area (Å²) in [6.07, 6.45) is 4.30. The van der Waals surface area contributed by atoms with E-state index >= 15 is 0 Å². The number of thioether (sulfide) groups is 1. The molecule has 0 radical (unpaired) electrons. The van der Waals surface area contributed by atoms with Crippen LogP contribution in [-0.4, -0.2) is 41.6 Å². The number of nitrogens with zero attached hydrogens (tertiary/aromatic N) is 2. The summed E-state index contributed by atoms with van der Waals surface area (Å²) >= 11 is 2.05. The van der Waals surface area contributed by atoms with Gasteiger partial charge in [0.1, 0.15) is 0 Å². The van der Waals surface area contributed by atoms with Gasteiger partial charge >= 0.3 is 0 Å². The molecule has 0 spiro atoms. The normalized spacial score (nSPS) is 21.7. The van der Waals surface area contributed by atoms with Gasteiger partial charge in [-0.15, -0.1) is 0 Å². The standard InChI is InChI=1S/C16H26N4OS/c1-4-17-15(20-12-16(2)8-6-10-22-16)19-11-13-7-5-9-18-14(13)21-3/h5,7,9H,4,6,8,10-12H2,1-3H3,(H2,17,19,20). The Kier molecular flexibility index (Phi) is 6.36. The van der Waals surface area contributed by atoms with Gasteiger partial charge in [0.15, 0.2) is 5.96 Å². The fraction of sp³-hybridized carbons (Fsp3) is 0.625. The van der Waals surface area contributed by atoms with E-state index in [0.717, 1.165) is 24.6 Å². The minimum atomic E-state index is 0.322. The zero-order valence-electron chi connectivity index (χ0n) is 13.7. The van der Waals surface area contributed by atoms with Crippen LogP contribution in [0.2, 0.25) is 0 Å². The van der Waals surface area contributed by atoms with Crippen molar-refractivity contribution >= 4 is 17.7 Å². The zero-order valence-corrected chi connectivity index (χ0v) is 14.5. The van der Waals surface area contributed by atoms with E-state index in [0.29, 0.717) is 17.2 Å². The summed E-state index contributed by atoms with van der Waals surface area (Å²) in [4.78, 5) is 8.86. The Balaban J connectivity index is 1.97. The number of hydrogen-bond donors (Lipinski definition) is 2. The van der Waals surface area contributed by atoms with Crippen molar-refractivity contribution in [2.24, 2.45) is 4.99 Å². The van der Waals surface area contributed by atoms with Gasteiger partial charge in [-0.2, -0.15) is 11.8 Å². The largest absolute Gasteiger partial charge is 0.481 e. The van der Waals surface area contributed by atoms with Crippen molar-refractivity contribution in [3.8, 4) is 5.88 Å². The SMILES string of the molecule is CCNC(=NCc1cccnc1OC)NCC1(C)CCCS1. The lowest BCUT2D eigenvalue weighted by Gasteiger charge is -2.24. The van der Waals surface area contributed by atoms with Crippen LogP contribution in [0, 0.1) is 0 Å². The molecule has 1 aromatic heterocycles. The van der Waals surface area contributed by atoms with Crippen LogP contribution in [0.3, 0.4) is 0 Å². The minimum absolute atomic E-state index is 0.322. The number of pyridine rings is 1. The second-order valence-electron chi connectivity index (χ2n) is 5.62. The number of aliphatic imine (C=N–C) groups is 1. The van der Waals surface area contributed by atoms with E-state index in [-0.39, 0.29) is 0 Å². The topological polar surface area (TPSA) is 58.5 Å². The van der Waals surface area contributed by atoms with E-state index in [2.05, 4.69) is 46.2 Å². The first-order valence-corrected chi connectivity index (χ1v) is 8.79. The quantitative estimate of drug-likeness (QED) is 0.622. The van der Waals surface area contributed by atoms with Crippen LogP contribution in [0.25, 0.3) is 0 Å². The Labute approximate surface area is 137 Å². The van der Waals surface area contributed by atoms with E-state index in [9.17, 15) is 0 Å². The molecule has 1 unspecified atom stereocenters. The molecular formula is C16H26N4OS. The van der Waals surface area contributed by atoms with Crippen molar-refractivity contribution in [1.29, 1.82) is 0 Å². The first kappa shape index (κ1) is 16.9. The second-order valence-corrected chi connectivity index (χ2v) is 7.30. The van der Waals surface area contributed by atoms with Crippen molar-refractivity contribution < 1.29 is 4.74 Å². The third-order valence-corrected chi connectivity index (χ3v) is 5.26. The van der Waals surface area contributed by atoms with E-state index in [4.69, 9.17) is 4.74 Å². The summed E-state index contributed by atoms with van der Waals surface area (Å²) in [6.45, 7) is 6.74. The van der Waals surface area contributed by atoms with Crippen LogP contribution >= 0.6 is 11.8 Å². The number of rotatable bonds is 6. The molecule has 0 aromatic carbocycles. The number of methoxy groups -OCH3 is 1. The van der Waals surface area contributed by atoms with Gasteiger partial charge in [-0.05, 0) is 38.5 Å². The maximum atomic E-state index is 5.27. The van der Waals surface area contributed by atoms with Crippen LogP contribution in [0.1, 0.15) is 32.3 Å². The Hall–Kier alpha value is -1.43. The van der Waals surface area contributed by atoms with Gasteiger partial charge in [0.2, 0.25) is 5.88 Å². The summed E-state index contributed by atoms with van der Waals surface area (Å²) in [6, 6.07) is 3.90. The van der Waals surface area contributed by atoms with Crippen LogP contribution < -0.4 is 15.4 Å². The van der Waals surface area contributed by atoms with Gasteiger partial charge in [-0.25, -0.2) is 9.98 Å². The van der Waals surface area contributed by atoms with Gasteiger partial charge in [0.25, 0.3) is 0 Å². The van der Waals surface area contributed by atoms with Crippen molar-refractivity contribution in [2.45, 2.75) is 38.0 Å². The monoisotopic (exact) mass is 322 g/mol. The molecule has 0 aliphatic carbocycles. The lowest BCUT2D eigenvalue weighted by molar-refractivity contribution is 0.392. The molecule has 2 N–H and O–H groups in total. The molecule has 1 saturated heterocycles.